The Balaban J connectivity index is 2.05. The first-order valence-corrected chi connectivity index (χ1v) is 6.91. The number of hydrogen-bond acceptors (Lipinski definition) is 4. The van der Waals surface area contributed by atoms with Crippen molar-refractivity contribution >= 4 is 28.9 Å². The van der Waals surface area contributed by atoms with Crippen molar-refractivity contribution in [1.29, 1.82) is 0 Å². The van der Waals surface area contributed by atoms with Gasteiger partial charge in [0.05, 0.1) is 9.95 Å². The van der Waals surface area contributed by atoms with Crippen molar-refractivity contribution in [2.24, 2.45) is 0 Å². The van der Waals surface area contributed by atoms with Crippen molar-refractivity contribution < 1.29 is 18.8 Å². The van der Waals surface area contributed by atoms with Gasteiger partial charge in [-0.3, -0.25) is 14.9 Å². The third-order valence-corrected chi connectivity index (χ3v) is 3.19. The fraction of sp³-hybridized carbons (Fsp3) is 0.133. The standard InChI is InChI=1S/C15H12ClFN2O4/c1-9(23-14-6-5-10(17)7-13(14)16)15(20)18-11-3-2-4-12(8-11)19(21)22/h2-9H,1H3,(H,18,20)/t9-/m0/s1. The molecule has 0 aliphatic rings. The highest BCUT2D eigenvalue weighted by Crippen LogP contribution is 2.26. The van der Waals surface area contributed by atoms with Crippen molar-refractivity contribution in [3.05, 3.63) is 63.4 Å². The summed E-state index contributed by atoms with van der Waals surface area (Å²) >= 11 is 5.82. The van der Waals surface area contributed by atoms with Crippen LogP contribution >= 0.6 is 11.6 Å². The maximum atomic E-state index is 13.0. The van der Waals surface area contributed by atoms with Gasteiger partial charge in [-0.15, -0.1) is 0 Å². The first kappa shape index (κ1) is 16.7. The van der Waals surface area contributed by atoms with Crippen LogP contribution in [0.25, 0.3) is 0 Å². The molecular formula is C15H12ClFN2O4. The zero-order valence-electron chi connectivity index (χ0n) is 12.0. The minimum atomic E-state index is -0.933. The molecule has 0 fully saturated rings. The largest absolute Gasteiger partial charge is 0.479 e. The summed E-state index contributed by atoms with van der Waals surface area (Å²) in [5.74, 6) is -0.878. The van der Waals surface area contributed by atoms with Crippen LogP contribution < -0.4 is 10.1 Å². The van der Waals surface area contributed by atoms with Crippen molar-refractivity contribution in [3.8, 4) is 5.75 Å². The minimum absolute atomic E-state index is 0.0417. The number of non-ortho nitro benzene ring substituents is 1. The molecule has 0 aliphatic carbocycles. The molecular weight excluding hydrogens is 327 g/mol. The van der Waals surface area contributed by atoms with Crippen LogP contribution in [-0.2, 0) is 4.79 Å². The molecule has 23 heavy (non-hydrogen) atoms. The van der Waals surface area contributed by atoms with Crippen LogP contribution in [-0.4, -0.2) is 16.9 Å². The third-order valence-electron chi connectivity index (χ3n) is 2.89. The number of nitrogens with zero attached hydrogens (tertiary/aromatic N) is 1. The molecule has 0 saturated heterocycles. The highest BCUT2D eigenvalue weighted by molar-refractivity contribution is 6.32. The summed E-state index contributed by atoms with van der Waals surface area (Å²) < 4.78 is 18.3. The highest BCUT2D eigenvalue weighted by atomic mass is 35.5. The average molecular weight is 339 g/mol. The summed E-state index contributed by atoms with van der Waals surface area (Å²) in [5, 5.41) is 13.2. The van der Waals surface area contributed by atoms with E-state index < -0.39 is 22.8 Å². The molecule has 8 heteroatoms. The van der Waals surface area contributed by atoms with E-state index in [1.165, 1.54) is 37.3 Å². The number of nitro benzene ring substituents is 1. The van der Waals surface area contributed by atoms with Gasteiger partial charge in [0, 0.05) is 17.8 Å². The molecule has 0 spiro atoms. The van der Waals surface area contributed by atoms with E-state index in [0.717, 1.165) is 12.1 Å². The molecule has 0 saturated carbocycles. The molecule has 0 aliphatic heterocycles. The lowest BCUT2D eigenvalue weighted by molar-refractivity contribution is -0.384. The van der Waals surface area contributed by atoms with E-state index in [4.69, 9.17) is 16.3 Å². The molecule has 0 unspecified atom stereocenters. The monoisotopic (exact) mass is 338 g/mol. The molecule has 0 heterocycles. The van der Waals surface area contributed by atoms with Gasteiger partial charge >= 0.3 is 0 Å². The average Bonchev–Trinajstić information content (AvgIpc) is 2.50. The molecule has 6 nitrogen and oxygen atoms in total. The van der Waals surface area contributed by atoms with Crippen molar-refractivity contribution in [3.63, 3.8) is 0 Å². The summed E-state index contributed by atoms with van der Waals surface area (Å²) in [6, 6.07) is 9.06. The predicted octanol–water partition coefficient (Wildman–Crippen LogP) is 3.79. The van der Waals surface area contributed by atoms with E-state index in [2.05, 4.69) is 5.32 Å². The summed E-state index contributed by atoms with van der Waals surface area (Å²) in [6.45, 7) is 1.48. The molecule has 2 rings (SSSR count). The lowest BCUT2D eigenvalue weighted by atomic mass is 10.2. The van der Waals surface area contributed by atoms with E-state index in [1.54, 1.807) is 0 Å². The fourth-order valence-corrected chi connectivity index (χ4v) is 1.97. The Bertz CT molecular complexity index is 754. The zero-order valence-corrected chi connectivity index (χ0v) is 12.7. The number of hydrogen-bond donors (Lipinski definition) is 1. The molecule has 120 valence electrons. The van der Waals surface area contributed by atoms with E-state index >= 15 is 0 Å². The number of halogens is 2. The number of nitro groups is 1. The minimum Gasteiger partial charge on any atom is -0.479 e. The van der Waals surface area contributed by atoms with Gasteiger partial charge in [-0.1, -0.05) is 17.7 Å². The van der Waals surface area contributed by atoms with Gasteiger partial charge in [-0.2, -0.15) is 0 Å². The smallest absolute Gasteiger partial charge is 0.271 e. The Morgan fingerprint density at radius 1 is 1.35 bits per heavy atom. The van der Waals surface area contributed by atoms with E-state index in [0.29, 0.717) is 0 Å². The molecule has 1 amide bonds. The third kappa shape index (κ3) is 4.40. The van der Waals surface area contributed by atoms with Gasteiger partial charge < -0.3 is 10.1 Å². The molecule has 1 N–H and O–H groups in total. The SMILES string of the molecule is C[C@H](Oc1ccc(F)cc1Cl)C(=O)Nc1cccc([N+](=O)[O-])c1. The number of amides is 1. The Morgan fingerprint density at radius 2 is 2.09 bits per heavy atom. The van der Waals surface area contributed by atoms with Gasteiger partial charge in [0.15, 0.2) is 6.10 Å². The first-order valence-electron chi connectivity index (χ1n) is 6.54. The van der Waals surface area contributed by atoms with Gasteiger partial charge in [0.25, 0.3) is 11.6 Å². The maximum absolute atomic E-state index is 13.0. The predicted molar refractivity (Wildman–Crippen MR) is 83.2 cm³/mol. The second-order valence-electron chi connectivity index (χ2n) is 4.63. The highest BCUT2D eigenvalue weighted by Gasteiger charge is 2.17. The number of rotatable bonds is 5. The lowest BCUT2D eigenvalue weighted by Gasteiger charge is -2.15. The summed E-state index contributed by atoms with van der Waals surface area (Å²) in [5.41, 5.74) is 0.128. The molecule has 2 aromatic carbocycles. The Kier molecular flexibility index (Phi) is 5.13. The zero-order chi connectivity index (χ0) is 17.0. The summed E-state index contributed by atoms with van der Waals surface area (Å²) in [4.78, 5) is 22.2. The number of carbonyl (C=O) groups is 1. The second kappa shape index (κ2) is 7.06. The van der Waals surface area contributed by atoms with Crippen LogP contribution in [0.3, 0.4) is 0 Å². The summed E-state index contributed by atoms with van der Waals surface area (Å²) in [6.07, 6.45) is -0.933. The van der Waals surface area contributed by atoms with Crippen LogP contribution in [0, 0.1) is 15.9 Å². The van der Waals surface area contributed by atoms with Gasteiger partial charge in [0.2, 0.25) is 0 Å². The van der Waals surface area contributed by atoms with Crippen LogP contribution in [0.2, 0.25) is 5.02 Å². The molecule has 2 aromatic rings. The topological polar surface area (TPSA) is 81.5 Å². The van der Waals surface area contributed by atoms with Gasteiger partial charge in [-0.05, 0) is 31.2 Å². The van der Waals surface area contributed by atoms with Crippen LogP contribution in [0.4, 0.5) is 15.8 Å². The van der Waals surface area contributed by atoms with Crippen LogP contribution in [0.15, 0.2) is 42.5 Å². The van der Waals surface area contributed by atoms with E-state index in [-0.39, 0.29) is 22.1 Å². The van der Waals surface area contributed by atoms with Crippen LogP contribution in [0.5, 0.6) is 5.75 Å². The number of nitrogens with one attached hydrogen (secondary N) is 1. The van der Waals surface area contributed by atoms with Gasteiger partial charge in [0.1, 0.15) is 11.6 Å². The Morgan fingerprint density at radius 3 is 2.74 bits per heavy atom. The normalized spacial score (nSPS) is 11.6. The quantitative estimate of drug-likeness (QED) is 0.664. The second-order valence-corrected chi connectivity index (χ2v) is 5.04. The lowest BCUT2D eigenvalue weighted by Crippen LogP contribution is -2.30. The maximum Gasteiger partial charge on any atom is 0.271 e. The first-order chi connectivity index (χ1) is 10.9. The van der Waals surface area contributed by atoms with Crippen molar-refractivity contribution in [2.75, 3.05) is 5.32 Å². The molecule has 1 atom stereocenters. The Labute approximate surface area is 136 Å². The molecule has 0 radical (unpaired) electrons. The fourth-order valence-electron chi connectivity index (χ4n) is 1.76. The molecule has 0 bridgehead atoms. The van der Waals surface area contributed by atoms with Crippen molar-refractivity contribution in [1.82, 2.24) is 0 Å². The number of anilines is 1. The van der Waals surface area contributed by atoms with Crippen molar-refractivity contribution in [2.45, 2.75) is 13.0 Å². The number of carbonyl (C=O) groups excluding carboxylic acids is 1. The number of ether oxygens (including phenoxy) is 1. The molecule has 0 aromatic heterocycles. The van der Waals surface area contributed by atoms with Crippen LogP contribution in [0.1, 0.15) is 6.92 Å². The number of benzene rings is 2. The van der Waals surface area contributed by atoms with E-state index in [9.17, 15) is 19.3 Å². The van der Waals surface area contributed by atoms with Gasteiger partial charge in [-0.25, -0.2) is 4.39 Å². The summed E-state index contributed by atoms with van der Waals surface area (Å²) in [7, 11) is 0. The Hall–Kier alpha value is -2.67. The van der Waals surface area contributed by atoms with E-state index in [1.807, 2.05) is 0 Å².